The van der Waals surface area contributed by atoms with Crippen molar-refractivity contribution in [3.8, 4) is 0 Å². The Morgan fingerprint density at radius 1 is 1.37 bits per heavy atom. The molecule has 0 spiro atoms. The molecule has 19 heavy (non-hydrogen) atoms. The molecule has 0 amide bonds. The molecule has 1 unspecified atom stereocenters. The monoisotopic (exact) mass is 302 g/mol. The first-order valence-electron chi connectivity index (χ1n) is 5.69. The molecular weight excluding hydrogens is 290 g/mol. The summed E-state index contributed by atoms with van der Waals surface area (Å²) in [5.74, 6) is 0.311. The lowest BCUT2D eigenvalue weighted by molar-refractivity contribution is 0.543. The van der Waals surface area contributed by atoms with Gasteiger partial charge < -0.3 is 9.88 Å². The van der Waals surface area contributed by atoms with Gasteiger partial charge in [-0.15, -0.1) is 10.2 Å². The number of hydrogen-bond acceptors (Lipinski definition) is 3. The number of halogens is 3. The number of hydrogen-bond donors (Lipinski definition) is 1. The molecule has 0 radical (unpaired) electrons. The van der Waals surface area contributed by atoms with Crippen LogP contribution in [0, 0.1) is 5.82 Å². The van der Waals surface area contributed by atoms with Crippen LogP contribution in [0.4, 0.5) is 4.39 Å². The van der Waals surface area contributed by atoms with Crippen molar-refractivity contribution in [2.24, 2.45) is 7.05 Å². The Bertz CT molecular complexity index is 585. The van der Waals surface area contributed by atoms with Gasteiger partial charge in [0.15, 0.2) is 0 Å². The summed E-state index contributed by atoms with van der Waals surface area (Å²) in [6.45, 7) is 2.41. The van der Waals surface area contributed by atoms with Crippen molar-refractivity contribution >= 4 is 23.2 Å². The molecule has 2 aromatic rings. The lowest BCUT2D eigenvalue weighted by atomic mass is 10.1. The number of nitrogens with zero attached hydrogens (tertiary/aromatic N) is 3. The van der Waals surface area contributed by atoms with E-state index in [-0.39, 0.29) is 11.1 Å². The Morgan fingerprint density at radius 3 is 2.74 bits per heavy atom. The summed E-state index contributed by atoms with van der Waals surface area (Å²) >= 11 is 11.7. The van der Waals surface area contributed by atoms with Crippen LogP contribution in [0.5, 0.6) is 0 Å². The summed E-state index contributed by atoms with van der Waals surface area (Å²) in [5.41, 5.74) is 0.658. The smallest absolute Gasteiger partial charge is 0.146 e. The van der Waals surface area contributed by atoms with Gasteiger partial charge >= 0.3 is 0 Å². The van der Waals surface area contributed by atoms with Gasteiger partial charge in [0.25, 0.3) is 0 Å². The van der Waals surface area contributed by atoms with Crippen molar-refractivity contribution in [1.82, 2.24) is 20.1 Å². The molecule has 1 atom stereocenters. The Kier molecular flexibility index (Phi) is 4.39. The molecule has 4 nitrogen and oxygen atoms in total. The largest absolute Gasteiger partial charge is 0.320 e. The molecule has 1 N–H and O–H groups in total. The van der Waals surface area contributed by atoms with Crippen LogP contribution in [-0.2, 0) is 13.6 Å². The molecule has 0 aliphatic heterocycles. The van der Waals surface area contributed by atoms with Crippen LogP contribution < -0.4 is 5.32 Å². The minimum Gasteiger partial charge on any atom is -0.320 e. The minimum absolute atomic E-state index is 0.0225. The third-order valence-electron chi connectivity index (χ3n) is 2.88. The third kappa shape index (κ3) is 3.23. The Hall–Kier alpha value is -1.17. The van der Waals surface area contributed by atoms with Crippen LogP contribution in [0.2, 0.25) is 10.0 Å². The summed E-state index contributed by atoms with van der Waals surface area (Å²) in [7, 11) is 1.86. The lowest BCUT2D eigenvalue weighted by Gasteiger charge is -2.16. The fraction of sp³-hybridized carbons (Fsp3) is 0.333. The van der Waals surface area contributed by atoms with Crippen LogP contribution >= 0.6 is 23.2 Å². The van der Waals surface area contributed by atoms with Crippen LogP contribution in [-0.4, -0.2) is 14.8 Å². The van der Waals surface area contributed by atoms with E-state index in [0.29, 0.717) is 17.1 Å². The molecule has 2 rings (SSSR count). The average molecular weight is 303 g/mol. The Labute approximate surface area is 120 Å². The summed E-state index contributed by atoms with van der Waals surface area (Å²) in [6.07, 6.45) is 1.62. The normalized spacial score (nSPS) is 12.7. The maximum Gasteiger partial charge on any atom is 0.146 e. The molecular formula is C12H13Cl2FN4. The fourth-order valence-electron chi connectivity index (χ4n) is 1.69. The highest BCUT2D eigenvalue weighted by molar-refractivity contribution is 6.35. The molecule has 0 aliphatic carbocycles. The van der Waals surface area contributed by atoms with Gasteiger partial charge in [0.05, 0.1) is 11.6 Å². The Balaban J connectivity index is 2.10. The van der Waals surface area contributed by atoms with Crippen molar-refractivity contribution in [3.63, 3.8) is 0 Å². The molecule has 0 bridgehead atoms. The van der Waals surface area contributed by atoms with Crippen molar-refractivity contribution in [2.75, 3.05) is 0 Å². The van der Waals surface area contributed by atoms with E-state index < -0.39 is 5.82 Å². The number of nitrogens with one attached hydrogen (secondary N) is 1. The van der Waals surface area contributed by atoms with Crippen molar-refractivity contribution in [3.05, 3.63) is 45.7 Å². The highest BCUT2D eigenvalue weighted by Gasteiger charge is 2.13. The molecule has 1 heterocycles. The molecule has 0 fully saturated rings. The van der Waals surface area contributed by atoms with Gasteiger partial charge in [0.1, 0.15) is 18.0 Å². The first kappa shape index (κ1) is 14.2. The second-order valence-electron chi connectivity index (χ2n) is 4.25. The van der Waals surface area contributed by atoms with E-state index in [9.17, 15) is 4.39 Å². The fourth-order valence-corrected chi connectivity index (χ4v) is 2.24. The second kappa shape index (κ2) is 5.86. The highest BCUT2D eigenvalue weighted by Crippen LogP contribution is 2.28. The number of aryl methyl sites for hydroxylation is 1. The molecule has 1 aromatic carbocycles. The van der Waals surface area contributed by atoms with Crippen LogP contribution in [0.1, 0.15) is 24.4 Å². The zero-order valence-corrected chi connectivity index (χ0v) is 12.0. The van der Waals surface area contributed by atoms with E-state index in [2.05, 4.69) is 15.5 Å². The van der Waals surface area contributed by atoms with E-state index >= 15 is 0 Å². The van der Waals surface area contributed by atoms with Crippen LogP contribution in [0.3, 0.4) is 0 Å². The second-order valence-corrected chi connectivity index (χ2v) is 5.06. The Morgan fingerprint density at radius 2 is 2.11 bits per heavy atom. The lowest BCUT2D eigenvalue weighted by Crippen LogP contribution is -2.20. The third-order valence-corrected chi connectivity index (χ3v) is 3.49. The minimum atomic E-state index is -0.478. The number of rotatable bonds is 4. The quantitative estimate of drug-likeness (QED) is 0.883. The summed E-state index contributed by atoms with van der Waals surface area (Å²) in [4.78, 5) is 0. The predicted octanol–water partition coefficient (Wildman–Crippen LogP) is 3.11. The zero-order valence-electron chi connectivity index (χ0n) is 10.5. The molecule has 102 valence electrons. The number of benzene rings is 1. The molecule has 1 aromatic heterocycles. The first-order chi connectivity index (χ1) is 8.99. The van der Waals surface area contributed by atoms with Gasteiger partial charge in [0.2, 0.25) is 0 Å². The van der Waals surface area contributed by atoms with Gasteiger partial charge in [-0.25, -0.2) is 4.39 Å². The molecule has 0 saturated carbocycles. The zero-order chi connectivity index (χ0) is 14.0. The average Bonchev–Trinajstić information content (AvgIpc) is 2.76. The standard InChI is InChI=1S/C12H13Cl2FN4/c1-7(16-5-12-18-17-6-19(12)2)8-3-11(15)10(14)4-9(8)13/h3-4,6-7,16H,5H2,1-2H3. The summed E-state index contributed by atoms with van der Waals surface area (Å²) in [6, 6.07) is 2.63. The van der Waals surface area contributed by atoms with Gasteiger partial charge in [-0.3, -0.25) is 0 Å². The number of aromatic nitrogens is 3. The van der Waals surface area contributed by atoms with Crippen molar-refractivity contribution < 1.29 is 4.39 Å². The predicted molar refractivity (Wildman–Crippen MR) is 72.7 cm³/mol. The maximum absolute atomic E-state index is 13.5. The van der Waals surface area contributed by atoms with E-state index in [1.54, 1.807) is 6.33 Å². The van der Waals surface area contributed by atoms with Gasteiger partial charge in [0, 0.05) is 18.1 Å². The van der Waals surface area contributed by atoms with E-state index in [1.807, 2.05) is 18.5 Å². The van der Waals surface area contributed by atoms with Gasteiger partial charge in [-0.1, -0.05) is 23.2 Å². The van der Waals surface area contributed by atoms with E-state index in [0.717, 1.165) is 5.82 Å². The molecule has 7 heteroatoms. The van der Waals surface area contributed by atoms with Gasteiger partial charge in [-0.05, 0) is 24.6 Å². The first-order valence-corrected chi connectivity index (χ1v) is 6.45. The van der Waals surface area contributed by atoms with Crippen LogP contribution in [0.15, 0.2) is 18.5 Å². The van der Waals surface area contributed by atoms with Crippen molar-refractivity contribution in [1.29, 1.82) is 0 Å². The van der Waals surface area contributed by atoms with Crippen LogP contribution in [0.25, 0.3) is 0 Å². The summed E-state index contributed by atoms with van der Waals surface area (Å²) < 4.78 is 15.3. The van der Waals surface area contributed by atoms with Crippen molar-refractivity contribution in [2.45, 2.75) is 19.5 Å². The van der Waals surface area contributed by atoms with E-state index in [4.69, 9.17) is 23.2 Å². The van der Waals surface area contributed by atoms with E-state index in [1.165, 1.54) is 12.1 Å². The molecule has 0 aliphatic rings. The topological polar surface area (TPSA) is 42.7 Å². The maximum atomic E-state index is 13.5. The molecule has 0 saturated heterocycles. The highest BCUT2D eigenvalue weighted by atomic mass is 35.5. The SMILES string of the molecule is CC(NCc1nncn1C)c1cc(F)c(Cl)cc1Cl. The summed E-state index contributed by atoms with van der Waals surface area (Å²) in [5, 5.41) is 11.4. The van der Waals surface area contributed by atoms with Gasteiger partial charge in [-0.2, -0.15) is 0 Å².